The van der Waals surface area contributed by atoms with E-state index in [9.17, 15) is 0 Å². The number of nitrogens with two attached hydrogens (primary N) is 2. The van der Waals surface area contributed by atoms with Gasteiger partial charge in [-0.1, -0.05) is 12.2 Å². The molecule has 0 radical (unpaired) electrons. The van der Waals surface area contributed by atoms with Crippen LogP contribution in [-0.2, 0) is 0 Å². The third-order valence-electron chi connectivity index (χ3n) is 2.17. The maximum atomic E-state index is 5.90. The number of rotatable bonds is 3. The summed E-state index contributed by atoms with van der Waals surface area (Å²) in [5, 5.41) is 0. The molecule has 0 aromatic heterocycles. The van der Waals surface area contributed by atoms with Crippen molar-refractivity contribution in [2.75, 3.05) is 7.11 Å². The average Bonchev–Trinajstić information content (AvgIpc) is 2.27. The van der Waals surface area contributed by atoms with E-state index in [0.717, 1.165) is 16.9 Å². The Morgan fingerprint density at radius 3 is 2.13 bits per heavy atom. The monoisotopic (exact) mass is 222 g/mol. The van der Waals surface area contributed by atoms with Crippen LogP contribution in [-0.4, -0.2) is 12.1 Å². The molecule has 4 heteroatoms. The molecule has 0 aliphatic rings. The third-order valence-corrected chi connectivity index (χ3v) is 2.48. The van der Waals surface area contributed by atoms with Gasteiger partial charge in [0.1, 0.15) is 10.7 Å². The molecule has 0 aliphatic carbocycles. The highest BCUT2D eigenvalue weighted by molar-refractivity contribution is 7.80. The number of hydrogen-bond donors (Lipinski definition) is 2. The second-order valence-electron chi connectivity index (χ2n) is 3.13. The molecule has 0 unspecified atom stereocenters. The molecule has 0 bridgehead atoms. The molecule has 1 aromatic rings. The highest BCUT2D eigenvalue weighted by Crippen LogP contribution is 2.17. The molecule has 0 aliphatic heterocycles. The molecule has 0 saturated heterocycles. The van der Waals surface area contributed by atoms with Crippen molar-refractivity contribution in [1.29, 1.82) is 0 Å². The first kappa shape index (κ1) is 11.5. The number of hydrogen-bond acceptors (Lipinski definition) is 3. The summed E-state index contributed by atoms with van der Waals surface area (Å²) >= 11 is 4.86. The van der Waals surface area contributed by atoms with Crippen molar-refractivity contribution < 1.29 is 4.74 Å². The number of benzene rings is 1. The Balaban J connectivity index is 3.07. The zero-order valence-corrected chi connectivity index (χ0v) is 9.60. The largest absolute Gasteiger partial charge is 0.497 e. The summed E-state index contributed by atoms with van der Waals surface area (Å²) in [6.07, 6.45) is 0. The van der Waals surface area contributed by atoms with Crippen LogP contribution in [0, 0.1) is 0 Å². The molecule has 0 heterocycles. The molecular formula is C11H14N2OS. The zero-order chi connectivity index (χ0) is 11.4. The molecular weight excluding hydrogens is 208 g/mol. The molecule has 1 aromatic carbocycles. The molecule has 0 saturated carbocycles. The van der Waals surface area contributed by atoms with E-state index in [0.29, 0.717) is 10.7 Å². The van der Waals surface area contributed by atoms with Gasteiger partial charge in [-0.3, -0.25) is 0 Å². The van der Waals surface area contributed by atoms with Gasteiger partial charge in [-0.05, 0) is 36.8 Å². The van der Waals surface area contributed by atoms with Crippen LogP contribution in [0.25, 0.3) is 5.70 Å². The summed E-state index contributed by atoms with van der Waals surface area (Å²) in [7, 11) is 1.62. The maximum absolute atomic E-state index is 5.90. The average molecular weight is 222 g/mol. The first-order chi connectivity index (χ1) is 7.06. The van der Waals surface area contributed by atoms with Crippen molar-refractivity contribution in [3.8, 4) is 5.75 Å². The van der Waals surface area contributed by atoms with Crippen LogP contribution in [0.1, 0.15) is 12.5 Å². The van der Waals surface area contributed by atoms with Crippen molar-refractivity contribution in [2.24, 2.45) is 11.5 Å². The summed E-state index contributed by atoms with van der Waals surface area (Å²) in [6.45, 7) is 1.81. The minimum absolute atomic E-state index is 0.323. The van der Waals surface area contributed by atoms with Gasteiger partial charge in [0.05, 0.1) is 7.11 Å². The van der Waals surface area contributed by atoms with Crippen molar-refractivity contribution in [3.63, 3.8) is 0 Å². The van der Waals surface area contributed by atoms with Crippen LogP contribution >= 0.6 is 12.2 Å². The smallest absolute Gasteiger partial charge is 0.118 e. The highest BCUT2D eigenvalue weighted by Gasteiger charge is 2.03. The Bertz CT molecular complexity index is 396. The highest BCUT2D eigenvalue weighted by atomic mass is 32.1. The molecule has 80 valence electrons. The van der Waals surface area contributed by atoms with Gasteiger partial charge in [-0.15, -0.1) is 0 Å². The first-order valence-corrected chi connectivity index (χ1v) is 4.87. The van der Waals surface area contributed by atoms with Gasteiger partial charge >= 0.3 is 0 Å². The van der Waals surface area contributed by atoms with E-state index in [-0.39, 0.29) is 0 Å². The second-order valence-corrected chi connectivity index (χ2v) is 3.57. The van der Waals surface area contributed by atoms with Crippen LogP contribution < -0.4 is 16.2 Å². The summed E-state index contributed by atoms with van der Waals surface area (Å²) in [5.41, 5.74) is 13.6. The molecule has 4 N–H and O–H groups in total. The predicted octanol–water partition coefficient (Wildman–Crippen LogP) is 1.67. The van der Waals surface area contributed by atoms with Crippen molar-refractivity contribution >= 4 is 22.9 Å². The molecule has 1 rings (SSSR count). The fourth-order valence-electron chi connectivity index (χ4n) is 1.12. The van der Waals surface area contributed by atoms with Gasteiger partial charge < -0.3 is 16.2 Å². The van der Waals surface area contributed by atoms with Gasteiger partial charge in [0.15, 0.2) is 0 Å². The van der Waals surface area contributed by atoms with Crippen LogP contribution in [0.3, 0.4) is 0 Å². The number of thiocarbonyl (C=S) groups is 1. The van der Waals surface area contributed by atoms with Crippen molar-refractivity contribution in [2.45, 2.75) is 6.92 Å². The summed E-state index contributed by atoms with van der Waals surface area (Å²) < 4.78 is 5.05. The standard InChI is InChI=1S/C11H14N2OS/c1-7(11(13)15)10(12)8-3-5-9(14-2)6-4-8/h3-6H,12H2,1-2H3,(H2,13,15)/b10-7+. The Labute approximate surface area is 94.7 Å². The summed E-state index contributed by atoms with van der Waals surface area (Å²) in [4.78, 5) is 0.323. The molecule has 3 nitrogen and oxygen atoms in total. The van der Waals surface area contributed by atoms with E-state index in [1.165, 1.54) is 0 Å². The van der Waals surface area contributed by atoms with E-state index >= 15 is 0 Å². The number of methoxy groups -OCH3 is 1. The van der Waals surface area contributed by atoms with E-state index in [4.69, 9.17) is 28.4 Å². The Hall–Kier alpha value is -1.55. The fraction of sp³-hybridized carbons (Fsp3) is 0.182. The minimum atomic E-state index is 0.323. The van der Waals surface area contributed by atoms with E-state index in [2.05, 4.69) is 0 Å². The maximum Gasteiger partial charge on any atom is 0.118 e. The van der Waals surface area contributed by atoms with E-state index < -0.39 is 0 Å². The molecule has 0 spiro atoms. The van der Waals surface area contributed by atoms with Gasteiger partial charge in [-0.2, -0.15) is 0 Å². The molecule has 0 amide bonds. The number of ether oxygens (including phenoxy) is 1. The lowest BCUT2D eigenvalue weighted by atomic mass is 10.1. The third kappa shape index (κ3) is 2.70. The van der Waals surface area contributed by atoms with Gasteiger partial charge in [0, 0.05) is 11.3 Å². The Morgan fingerprint density at radius 2 is 1.73 bits per heavy atom. The van der Waals surface area contributed by atoms with Crippen molar-refractivity contribution in [1.82, 2.24) is 0 Å². The molecule has 0 atom stereocenters. The van der Waals surface area contributed by atoms with Gasteiger partial charge in [0.2, 0.25) is 0 Å². The Kier molecular flexibility index (Phi) is 3.68. The topological polar surface area (TPSA) is 61.3 Å². The minimum Gasteiger partial charge on any atom is -0.497 e. The van der Waals surface area contributed by atoms with Gasteiger partial charge in [0.25, 0.3) is 0 Å². The quantitative estimate of drug-likeness (QED) is 0.603. The fourth-order valence-corrected chi connectivity index (χ4v) is 1.23. The SMILES string of the molecule is COc1ccc(/C(N)=C(/C)C(N)=S)cc1. The van der Waals surface area contributed by atoms with E-state index in [1.807, 2.05) is 31.2 Å². The lowest BCUT2D eigenvalue weighted by Gasteiger charge is -2.07. The zero-order valence-electron chi connectivity index (χ0n) is 8.78. The second kappa shape index (κ2) is 4.79. The predicted molar refractivity (Wildman–Crippen MR) is 66.6 cm³/mol. The normalized spacial score (nSPS) is 11.9. The Morgan fingerprint density at radius 1 is 1.20 bits per heavy atom. The lowest BCUT2D eigenvalue weighted by Crippen LogP contribution is -2.14. The molecule has 15 heavy (non-hydrogen) atoms. The van der Waals surface area contributed by atoms with E-state index in [1.54, 1.807) is 7.11 Å². The van der Waals surface area contributed by atoms with Crippen LogP contribution in [0.4, 0.5) is 0 Å². The lowest BCUT2D eigenvalue weighted by molar-refractivity contribution is 0.415. The van der Waals surface area contributed by atoms with Crippen LogP contribution in [0.15, 0.2) is 29.8 Å². The summed E-state index contributed by atoms with van der Waals surface area (Å²) in [5.74, 6) is 0.791. The van der Waals surface area contributed by atoms with Gasteiger partial charge in [-0.25, -0.2) is 0 Å². The van der Waals surface area contributed by atoms with Crippen molar-refractivity contribution in [3.05, 3.63) is 35.4 Å². The summed E-state index contributed by atoms with van der Waals surface area (Å²) in [6, 6.07) is 7.43. The van der Waals surface area contributed by atoms with Crippen LogP contribution in [0.5, 0.6) is 5.75 Å². The molecule has 0 fully saturated rings. The first-order valence-electron chi connectivity index (χ1n) is 4.47. The van der Waals surface area contributed by atoms with Crippen LogP contribution in [0.2, 0.25) is 0 Å².